The average Bonchev–Trinajstić information content (AvgIpc) is 2.29. The number of hydrogen-bond donors (Lipinski definition) is 4. The quantitative estimate of drug-likeness (QED) is 0.528. The van der Waals surface area contributed by atoms with Crippen LogP contribution in [0.4, 0.5) is 0 Å². The zero-order chi connectivity index (χ0) is 13.8. The minimum Gasteiger partial charge on any atom is -0.504 e. The Morgan fingerprint density at radius 3 is 2.17 bits per heavy atom. The molecule has 0 fully saturated rings. The molecule has 0 bridgehead atoms. The van der Waals surface area contributed by atoms with Crippen molar-refractivity contribution in [2.75, 3.05) is 0 Å². The Balaban J connectivity index is 0.000000180. The summed E-state index contributed by atoms with van der Waals surface area (Å²) in [5, 5.41) is 35.9. The number of aliphatic hydroxyl groups is 2. The standard InChI is InChI=1S/C7H8O2.C7H10O2/c1-5-2-3-6(8)7(9)4-5;1-7(9)5-3-2-4-6(7)8/h2-4,8-9H,1H3;2-6,8-9H,1H3. The van der Waals surface area contributed by atoms with Gasteiger partial charge in [-0.05, 0) is 31.5 Å². The molecular weight excluding hydrogens is 232 g/mol. The van der Waals surface area contributed by atoms with Gasteiger partial charge in [-0.1, -0.05) is 30.4 Å². The highest BCUT2D eigenvalue weighted by Gasteiger charge is 2.25. The van der Waals surface area contributed by atoms with Crippen LogP contribution in [0.2, 0.25) is 0 Å². The fourth-order valence-electron chi connectivity index (χ4n) is 1.35. The van der Waals surface area contributed by atoms with Crippen molar-refractivity contribution in [1.29, 1.82) is 0 Å². The lowest BCUT2D eigenvalue weighted by atomic mass is 9.95. The van der Waals surface area contributed by atoms with E-state index in [0.717, 1.165) is 5.56 Å². The first-order valence-corrected chi connectivity index (χ1v) is 5.58. The largest absolute Gasteiger partial charge is 0.504 e. The van der Waals surface area contributed by atoms with Crippen LogP contribution in [0.1, 0.15) is 12.5 Å². The molecule has 0 aliphatic heterocycles. The van der Waals surface area contributed by atoms with E-state index in [1.165, 1.54) is 12.1 Å². The number of allylic oxidation sites excluding steroid dienone is 2. The molecule has 18 heavy (non-hydrogen) atoms. The molecule has 1 aliphatic carbocycles. The van der Waals surface area contributed by atoms with Crippen molar-refractivity contribution in [1.82, 2.24) is 0 Å². The van der Waals surface area contributed by atoms with Gasteiger partial charge in [0.1, 0.15) is 11.7 Å². The van der Waals surface area contributed by atoms with Gasteiger partial charge in [-0.2, -0.15) is 0 Å². The van der Waals surface area contributed by atoms with E-state index in [0.29, 0.717) is 0 Å². The van der Waals surface area contributed by atoms with Crippen molar-refractivity contribution in [2.24, 2.45) is 0 Å². The Hall–Kier alpha value is -1.78. The van der Waals surface area contributed by atoms with E-state index in [9.17, 15) is 5.11 Å². The van der Waals surface area contributed by atoms with Crippen LogP contribution in [0.15, 0.2) is 42.5 Å². The van der Waals surface area contributed by atoms with E-state index >= 15 is 0 Å². The first-order valence-electron chi connectivity index (χ1n) is 5.58. The summed E-state index contributed by atoms with van der Waals surface area (Å²) < 4.78 is 0. The SMILES string of the molecule is CC1(O)C=CC=CC1O.Cc1ccc(O)c(O)c1. The first kappa shape index (κ1) is 14.3. The molecular formula is C14H18O4. The highest BCUT2D eigenvalue weighted by Crippen LogP contribution is 2.23. The van der Waals surface area contributed by atoms with Gasteiger partial charge in [-0.15, -0.1) is 0 Å². The molecule has 0 saturated carbocycles. The Morgan fingerprint density at radius 2 is 1.78 bits per heavy atom. The van der Waals surface area contributed by atoms with Crippen molar-refractivity contribution >= 4 is 0 Å². The van der Waals surface area contributed by atoms with Crippen molar-refractivity contribution in [2.45, 2.75) is 25.6 Å². The van der Waals surface area contributed by atoms with Crippen molar-refractivity contribution in [3.8, 4) is 11.5 Å². The van der Waals surface area contributed by atoms with Crippen LogP contribution in [0.5, 0.6) is 11.5 Å². The predicted octanol–water partition coefficient (Wildman–Crippen LogP) is 1.63. The van der Waals surface area contributed by atoms with Crippen LogP contribution in [0.3, 0.4) is 0 Å². The fraction of sp³-hybridized carbons (Fsp3) is 0.286. The number of hydrogen-bond acceptors (Lipinski definition) is 4. The molecule has 2 atom stereocenters. The Labute approximate surface area is 106 Å². The van der Waals surface area contributed by atoms with Crippen LogP contribution in [-0.4, -0.2) is 32.1 Å². The van der Waals surface area contributed by atoms with Gasteiger partial charge in [0.2, 0.25) is 0 Å². The number of aromatic hydroxyl groups is 2. The molecule has 98 valence electrons. The van der Waals surface area contributed by atoms with E-state index in [2.05, 4.69) is 0 Å². The monoisotopic (exact) mass is 250 g/mol. The smallest absolute Gasteiger partial charge is 0.157 e. The summed E-state index contributed by atoms with van der Waals surface area (Å²) in [5.74, 6) is -0.129. The van der Waals surface area contributed by atoms with Crippen LogP contribution in [-0.2, 0) is 0 Å². The molecule has 1 aromatic carbocycles. The molecule has 4 heteroatoms. The lowest BCUT2D eigenvalue weighted by Crippen LogP contribution is -2.36. The van der Waals surface area contributed by atoms with Crippen molar-refractivity contribution in [3.05, 3.63) is 48.1 Å². The van der Waals surface area contributed by atoms with E-state index < -0.39 is 11.7 Å². The fourth-order valence-corrected chi connectivity index (χ4v) is 1.35. The van der Waals surface area contributed by atoms with Crippen LogP contribution < -0.4 is 0 Å². The van der Waals surface area contributed by atoms with Crippen LogP contribution in [0, 0.1) is 6.92 Å². The van der Waals surface area contributed by atoms with Gasteiger partial charge < -0.3 is 20.4 Å². The van der Waals surface area contributed by atoms with E-state index in [4.69, 9.17) is 15.3 Å². The maximum atomic E-state index is 9.25. The Bertz CT molecular complexity index is 461. The lowest BCUT2D eigenvalue weighted by molar-refractivity contribution is -0.000772. The minimum atomic E-state index is -1.07. The van der Waals surface area contributed by atoms with Gasteiger partial charge >= 0.3 is 0 Å². The molecule has 0 amide bonds. The summed E-state index contributed by atoms with van der Waals surface area (Å²) in [7, 11) is 0. The summed E-state index contributed by atoms with van der Waals surface area (Å²) in [6.07, 6.45) is 5.79. The molecule has 0 saturated heterocycles. The summed E-state index contributed by atoms with van der Waals surface area (Å²) in [6.45, 7) is 3.41. The van der Waals surface area contributed by atoms with Gasteiger partial charge in [0.15, 0.2) is 11.5 Å². The summed E-state index contributed by atoms with van der Waals surface area (Å²) in [5.41, 5.74) is -0.139. The molecule has 0 heterocycles. The maximum absolute atomic E-state index is 9.25. The number of phenols is 2. The number of aliphatic hydroxyl groups excluding tert-OH is 1. The number of phenolic OH excluding ortho intramolecular Hbond substituents is 2. The highest BCUT2D eigenvalue weighted by atomic mass is 16.3. The van der Waals surface area contributed by atoms with Crippen molar-refractivity contribution < 1.29 is 20.4 Å². The van der Waals surface area contributed by atoms with Crippen LogP contribution >= 0.6 is 0 Å². The summed E-state index contributed by atoms with van der Waals surface area (Å²) in [4.78, 5) is 0. The van der Waals surface area contributed by atoms with Crippen LogP contribution in [0.25, 0.3) is 0 Å². The molecule has 4 nitrogen and oxygen atoms in total. The maximum Gasteiger partial charge on any atom is 0.157 e. The summed E-state index contributed by atoms with van der Waals surface area (Å²) >= 11 is 0. The molecule has 1 aliphatic rings. The molecule has 2 rings (SSSR count). The predicted molar refractivity (Wildman–Crippen MR) is 69.4 cm³/mol. The molecule has 0 spiro atoms. The van der Waals surface area contributed by atoms with E-state index in [1.807, 2.05) is 6.92 Å². The summed E-state index contributed by atoms with van der Waals surface area (Å²) in [6, 6.07) is 4.70. The molecule has 2 unspecified atom stereocenters. The third-order valence-electron chi connectivity index (χ3n) is 2.57. The van der Waals surface area contributed by atoms with Crippen molar-refractivity contribution in [3.63, 3.8) is 0 Å². The van der Waals surface area contributed by atoms with Gasteiger partial charge in [0.25, 0.3) is 0 Å². The normalized spacial score (nSPS) is 25.4. The Morgan fingerprint density at radius 1 is 1.11 bits per heavy atom. The number of rotatable bonds is 0. The number of aryl methyl sites for hydroxylation is 1. The topological polar surface area (TPSA) is 80.9 Å². The minimum absolute atomic E-state index is 0.0602. The highest BCUT2D eigenvalue weighted by molar-refractivity contribution is 5.39. The molecule has 0 radical (unpaired) electrons. The third-order valence-corrected chi connectivity index (χ3v) is 2.57. The average molecular weight is 250 g/mol. The van der Waals surface area contributed by atoms with Gasteiger partial charge in [-0.3, -0.25) is 0 Å². The lowest BCUT2D eigenvalue weighted by Gasteiger charge is -2.24. The zero-order valence-corrected chi connectivity index (χ0v) is 10.4. The Kier molecular flexibility index (Phi) is 4.53. The van der Waals surface area contributed by atoms with Gasteiger partial charge in [-0.25, -0.2) is 0 Å². The first-order chi connectivity index (χ1) is 8.33. The van der Waals surface area contributed by atoms with Gasteiger partial charge in [0, 0.05) is 0 Å². The number of benzene rings is 1. The third kappa shape index (κ3) is 3.91. The molecule has 4 N–H and O–H groups in total. The second-order valence-electron chi connectivity index (χ2n) is 4.41. The zero-order valence-electron chi connectivity index (χ0n) is 10.4. The van der Waals surface area contributed by atoms with E-state index in [1.54, 1.807) is 37.3 Å². The molecule has 1 aromatic rings. The second-order valence-corrected chi connectivity index (χ2v) is 4.41. The second kappa shape index (κ2) is 5.71. The van der Waals surface area contributed by atoms with E-state index in [-0.39, 0.29) is 11.5 Å². The molecule has 0 aromatic heterocycles. The van der Waals surface area contributed by atoms with Gasteiger partial charge in [0.05, 0.1) is 0 Å².